The van der Waals surface area contributed by atoms with Crippen LogP contribution in [0.5, 0.6) is 5.75 Å². The Bertz CT molecular complexity index is 368. The molecule has 0 saturated heterocycles. The van der Waals surface area contributed by atoms with Gasteiger partial charge in [0, 0.05) is 6.42 Å². The fourth-order valence-corrected chi connectivity index (χ4v) is 2.51. The molecule has 1 heterocycles. The molecule has 4 heteroatoms. The molecule has 82 valence electrons. The Kier molecular flexibility index (Phi) is 3.29. The highest BCUT2D eigenvalue weighted by atomic mass is 79.9. The monoisotopic (exact) mass is 271 g/mol. The molecule has 0 aromatic heterocycles. The largest absolute Gasteiger partial charge is 0.489 e. The number of halogens is 1. The maximum Gasteiger partial charge on any atom is 0.137 e. The molecule has 0 spiro atoms. The van der Waals surface area contributed by atoms with Crippen molar-refractivity contribution in [1.29, 1.82) is 0 Å². The van der Waals surface area contributed by atoms with E-state index in [1.165, 1.54) is 11.1 Å². The average Bonchev–Trinajstić information content (AvgIpc) is 2.56. The van der Waals surface area contributed by atoms with Crippen molar-refractivity contribution in [2.24, 2.45) is 5.90 Å². The third-order valence-electron chi connectivity index (χ3n) is 2.52. The Morgan fingerprint density at radius 3 is 3.13 bits per heavy atom. The molecule has 15 heavy (non-hydrogen) atoms. The molecule has 1 unspecified atom stereocenters. The summed E-state index contributed by atoms with van der Waals surface area (Å²) in [4.78, 5) is 4.58. The van der Waals surface area contributed by atoms with Gasteiger partial charge in [0.2, 0.25) is 0 Å². The first-order chi connectivity index (χ1) is 7.20. The second-order valence-electron chi connectivity index (χ2n) is 3.82. The first kappa shape index (κ1) is 10.9. The quantitative estimate of drug-likeness (QED) is 0.858. The van der Waals surface area contributed by atoms with Gasteiger partial charge in [-0.1, -0.05) is 6.07 Å². The Hall–Kier alpha value is -0.580. The Morgan fingerprint density at radius 1 is 1.60 bits per heavy atom. The van der Waals surface area contributed by atoms with Gasteiger partial charge >= 0.3 is 0 Å². The highest BCUT2D eigenvalue weighted by molar-refractivity contribution is 9.10. The molecular weight excluding hydrogens is 258 g/mol. The summed E-state index contributed by atoms with van der Waals surface area (Å²) in [5.41, 5.74) is 2.49. The number of rotatable bonds is 3. The number of hydrogen-bond acceptors (Lipinski definition) is 3. The second kappa shape index (κ2) is 4.51. The van der Waals surface area contributed by atoms with Crippen LogP contribution in [0.1, 0.15) is 18.1 Å². The van der Waals surface area contributed by atoms with E-state index < -0.39 is 0 Å². The van der Waals surface area contributed by atoms with Crippen LogP contribution in [0.3, 0.4) is 0 Å². The molecule has 0 saturated carbocycles. The molecule has 1 aliphatic rings. The van der Waals surface area contributed by atoms with Crippen molar-refractivity contribution in [2.75, 3.05) is 6.61 Å². The summed E-state index contributed by atoms with van der Waals surface area (Å²) >= 11 is 3.52. The van der Waals surface area contributed by atoms with Gasteiger partial charge < -0.3 is 9.57 Å². The maximum atomic E-state index is 5.69. The number of nitrogens with two attached hydrogens (primary N) is 1. The maximum absolute atomic E-state index is 5.69. The standard InChI is InChI=1S/C11H14BrNO2/c1-7-4-9-5-8(2-3-14-13)6-10(12)11(9)15-7/h5-7H,2-4,13H2,1H3. The predicted molar refractivity (Wildman–Crippen MR) is 61.8 cm³/mol. The fourth-order valence-electron chi connectivity index (χ4n) is 1.87. The molecule has 1 atom stereocenters. The van der Waals surface area contributed by atoms with Crippen molar-refractivity contribution in [3.63, 3.8) is 0 Å². The van der Waals surface area contributed by atoms with Crippen molar-refractivity contribution >= 4 is 15.9 Å². The van der Waals surface area contributed by atoms with Crippen LogP contribution in [0, 0.1) is 0 Å². The normalized spacial score (nSPS) is 18.7. The van der Waals surface area contributed by atoms with Crippen LogP contribution < -0.4 is 10.6 Å². The number of ether oxygens (including phenoxy) is 1. The number of fused-ring (bicyclic) bond motifs is 1. The van der Waals surface area contributed by atoms with Crippen LogP contribution in [0.2, 0.25) is 0 Å². The van der Waals surface area contributed by atoms with E-state index in [1.807, 2.05) is 0 Å². The predicted octanol–water partition coefficient (Wildman–Crippen LogP) is 2.21. The molecular formula is C11H14BrNO2. The molecule has 1 aliphatic heterocycles. The molecule has 2 N–H and O–H groups in total. The van der Waals surface area contributed by atoms with E-state index in [9.17, 15) is 0 Å². The Morgan fingerprint density at radius 2 is 2.40 bits per heavy atom. The highest BCUT2D eigenvalue weighted by Gasteiger charge is 2.21. The molecule has 0 bridgehead atoms. The number of hydrogen-bond donors (Lipinski definition) is 1. The summed E-state index contributed by atoms with van der Waals surface area (Å²) in [5, 5.41) is 0. The lowest BCUT2D eigenvalue weighted by atomic mass is 10.1. The van der Waals surface area contributed by atoms with E-state index in [2.05, 4.69) is 39.8 Å². The van der Waals surface area contributed by atoms with Gasteiger partial charge in [0.1, 0.15) is 11.9 Å². The lowest BCUT2D eigenvalue weighted by molar-refractivity contribution is 0.141. The van der Waals surface area contributed by atoms with E-state index >= 15 is 0 Å². The summed E-state index contributed by atoms with van der Waals surface area (Å²) in [6, 6.07) is 4.23. The van der Waals surface area contributed by atoms with Crippen LogP contribution in [0.15, 0.2) is 16.6 Å². The summed E-state index contributed by atoms with van der Waals surface area (Å²) in [7, 11) is 0. The van der Waals surface area contributed by atoms with Crippen LogP contribution >= 0.6 is 15.9 Å². The van der Waals surface area contributed by atoms with E-state index in [1.54, 1.807) is 0 Å². The van der Waals surface area contributed by atoms with E-state index in [4.69, 9.17) is 10.6 Å². The molecule has 3 nitrogen and oxygen atoms in total. The van der Waals surface area contributed by atoms with E-state index in [-0.39, 0.29) is 6.10 Å². The van der Waals surface area contributed by atoms with Gasteiger partial charge in [-0.2, -0.15) is 0 Å². The first-order valence-corrected chi connectivity index (χ1v) is 5.79. The van der Waals surface area contributed by atoms with E-state index in [0.717, 1.165) is 23.1 Å². The lowest BCUT2D eigenvalue weighted by Gasteiger charge is -2.07. The van der Waals surface area contributed by atoms with Crippen molar-refractivity contribution in [1.82, 2.24) is 0 Å². The molecule has 0 fully saturated rings. The van der Waals surface area contributed by atoms with Gasteiger partial charge in [-0.15, -0.1) is 0 Å². The molecule has 1 aromatic carbocycles. The van der Waals surface area contributed by atoms with Crippen molar-refractivity contribution in [3.8, 4) is 5.75 Å². The van der Waals surface area contributed by atoms with Crippen LogP contribution in [0.25, 0.3) is 0 Å². The Labute approximate surface area is 97.6 Å². The van der Waals surface area contributed by atoms with Crippen LogP contribution in [-0.2, 0) is 17.7 Å². The second-order valence-corrected chi connectivity index (χ2v) is 4.67. The third-order valence-corrected chi connectivity index (χ3v) is 3.10. The van der Waals surface area contributed by atoms with Gasteiger partial charge in [0.25, 0.3) is 0 Å². The van der Waals surface area contributed by atoms with Gasteiger partial charge in [0.05, 0.1) is 11.1 Å². The van der Waals surface area contributed by atoms with Crippen LogP contribution in [0.4, 0.5) is 0 Å². The van der Waals surface area contributed by atoms with Gasteiger partial charge in [-0.05, 0) is 46.5 Å². The zero-order valence-electron chi connectivity index (χ0n) is 8.63. The molecule has 0 amide bonds. The average molecular weight is 272 g/mol. The van der Waals surface area contributed by atoms with Crippen molar-refractivity contribution in [3.05, 3.63) is 27.7 Å². The van der Waals surface area contributed by atoms with E-state index in [0.29, 0.717) is 6.61 Å². The first-order valence-electron chi connectivity index (χ1n) is 5.00. The van der Waals surface area contributed by atoms with Gasteiger partial charge in [-0.3, -0.25) is 0 Å². The molecule has 0 aliphatic carbocycles. The summed E-state index contributed by atoms with van der Waals surface area (Å²) < 4.78 is 6.72. The molecule has 1 aromatic rings. The van der Waals surface area contributed by atoms with Gasteiger partial charge in [-0.25, -0.2) is 5.90 Å². The van der Waals surface area contributed by atoms with Crippen molar-refractivity contribution in [2.45, 2.75) is 25.9 Å². The third kappa shape index (κ3) is 2.33. The highest BCUT2D eigenvalue weighted by Crippen LogP contribution is 2.37. The van der Waals surface area contributed by atoms with Gasteiger partial charge in [0.15, 0.2) is 0 Å². The zero-order valence-corrected chi connectivity index (χ0v) is 10.2. The smallest absolute Gasteiger partial charge is 0.137 e. The minimum Gasteiger partial charge on any atom is -0.489 e. The summed E-state index contributed by atoms with van der Waals surface area (Å²) in [6.07, 6.45) is 2.08. The number of benzene rings is 1. The Balaban J connectivity index is 2.23. The minimum atomic E-state index is 0.275. The zero-order chi connectivity index (χ0) is 10.8. The topological polar surface area (TPSA) is 44.5 Å². The summed E-state index contributed by atoms with van der Waals surface area (Å²) in [6.45, 7) is 2.62. The minimum absolute atomic E-state index is 0.275. The molecule has 2 rings (SSSR count). The lowest BCUT2D eigenvalue weighted by Crippen LogP contribution is -2.05. The SMILES string of the molecule is CC1Cc2cc(CCON)cc(Br)c2O1. The van der Waals surface area contributed by atoms with Crippen molar-refractivity contribution < 1.29 is 9.57 Å². The fraction of sp³-hybridized carbons (Fsp3) is 0.455. The van der Waals surface area contributed by atoms with Crippen LogP contribution in [-0.4, -0.2) is 12.7 Å². The molecule has 0 radical (unpaired) electrons. The summed E-state index contributed by atoms with van der Waals surface area (Å²) in [5.74, 6) is 6.00.